The van der Waals surface area contributed by atoms with E-state index in [0.717, 1.165) is 18.4 Å². The minimum atomic E-state index is -0.121. The molecule has 1 nitrogen and oxygen atoms in total. The summed E-state index contributed by atoms with van der Waals surface area (Å²) in [6.45, 7) is 4.52. The van der Waals surface area contributed by atoms with E-state index in [2.05, 4.69) is 19.2 Å². The van der Waals surface area contributed by atoms with E-state index < -0.39 is 0 Å². The van der Waals surface area contributed by atoms with Gasteiger partial charge in [0.25, 0.3) is 0 Å². The molecule has 0 aromatic heterocycles. The second kappa shape index (κ2) is 4.17. The van der Waals surface area contributed by atoms with Crippen molar-refractivity contribution < 1.29 is 4.39 Å². The molecule has 88 valence electrons. The van der Waals surface area contributed by atoms with Crippen LogP contribution in [0.1, 0.15) is 38.2 Å². The lowest BCUT2D eigenvalue weighted by Crippen LogP contribution is -2.55. The molecule has 2 rings (SSSR count). The van der Waals surface area contributed by atoms with Crippen molar-refractivity contribution in [1.82, 2.24) is 5.32 Å². The van der Waals surface area contributed by atoms with Crippen molar-refractivity contribution in [1.29, 1.82) is 0 Å². The van der Waals surface area contributed by atoms with Crippen LogP contribution in [0.2, 0.25) is 0 Å². The highest BCUT2D eigenvalue weighted by atomic mass is 19.1. The molecule has 1 fully saturated rings. The van der Waals surface area contributed by atoms with Crippen molar-refractivity contribution in [3.8, 4) is 0 Å². The lowest BCUT2D eigenvalue weighted by atomic mass is 9.54. The van der Waals surface area contributed by atoms with Crippen LogP contribution in [-0.4, -0.2) is 13.1 Å². The maximum Gasteiger partial charge on any atom is 0.123 e. The predicted molar refractivity (Wildman–Crippen MR) is 65.0 cm³/mol. The van der Waals surface area contributed by atoms with Crippen molar-refractivity contribution in [2.24, 2.45) is 5.41 Å². The first-order chi connectivity index (χ1) is 7.61. The first-order valence-corrected chi connectivity index (χ1v) is 6.04. The first-order valence-electron chi connectivity index (χ1n) is 6.04. The second-order valence-corrected chi connectivity index (χ2v) is 5.04. The monoisotopic (exact) mass is 221 g/mol. The zero-order valence-electron chi connectivity index (χ0n) is 10.3. The van der Waals surface area contributed by atoms with Gasteiger partial charge in [-0.25, -0.2) is 4.39 Å². The van der Waals surface area contributed by atoms with Crippen LogP contribution in [0.5, 0.6) is 0 Å². The third-order valence-electron chi connectivity index (χ3n) is 4.42. The summed E-state index contributed by atoms with van der Waals surface area (Å²) in [7, 11) is 2.01. The number of nitrogens with one attached hydrogen (secondary N) is 1. The van der Waals surface area contributed by atoms with Crippen molar-refractivity contribution in [2.45, 2.75) is 38.6 Å². The number of hydrogen-bond donors (Lipinski definition) is 1. The van der Waals surface area contributed by atoms with Crippen LogP contribution in [0.25, 0.3) is 0 Å². The average molecular weight is 221 g/mol. The summed E-state index contributed by atoms with van der Waals surface area (Å²) in [5, 5.41) is 3.36. The molecular formula is C14H20FN. The van der Waals surface area contributed by atoms with Crippen molar-refractivity contribution in [3.05, 3.63) is 35.6 Å². The van der Waals surface area contributed by atoms with Gasteiger partial charge in [0, 0.05) is 6.04 Å². The van der Waals surface area contributed by atoms with Gasteiger partial charge in [-0.1, -0.05) is 26.0 Å². The Kier molecular flexibility index (Phi) is 3.02. The van der Waals surface area contributed by atoms with Crippen LogP contribution in [0.4, 0.5) is 4.39 Å². The Morgan fingerprint density at radius 1 is 1.50 bits per heavy atom. The third kappa shape index (κ3) is 1.65. The topological polar surface area (TPSA) is 12.0 Å². The molecule has 0 heterocycles. The SMILES string of the molecule is CCC1(C)C(NC)CC1c1cccc(F)c1. The van der Waals surface area contributed by atoms with Gasteiger partial charge in [-0.05, 0) is 48.9 Å². The Hall–Kier alpha value is -0.890. The highest BCUT2D eigenvalue weighted by Gasteiger charge is 2.49. The van der Waals surface area contributed by atoms with Crippen molar-refractivity contribution in [2.75, 3.05) is 7.05 Å². The molecule has 0 amide bonds. The average Bonchev–Trinajstić information content (AvgIpc) is 2.27. The number of rotatable bonds is 3. The summed E-state index contributed by atoms with van der Waals surface area (Å²) in [5.41, 5.74) is 1.42. The number of hydrogen-bond acceptors (Lipinski definition) is 1. The lowest BCUT2D eigenvalue weighted by Gasteiger charge is -2.54. The van der Waals surface area contributed by atoms with Gasteiger partial charge in [-0.3, -0.25) is 0 Å². The second-order valence-electron chi connectivity index (χ2n) is 5.04. The quantitative estimate of drug-likeness (QED) is 0.825. The Balaban J connectivity index is 2.24. The Bertz CT molecular complexity index is 377. The first kappa shape index (κ1) is 11.6. The molecular weight excluding hydrogens is 201 g/mol. The fourth-order valence-corrected chi connectivity index (χ4v) is 3.04. The normalized spacial score (nSPS) is 33.5. The molecule has 1 aromatic carbocycles. The van der Waals surface area contributed by atoms with E-state index in [1.807, 2.05) is 19.2 Å². The molecule has 0 spiro atoms. The molecule has 1 saturated carbocycles. The summed E-state index contributed by atoms with van der Waals surface area (Å²) < 4.78 is 13.2. The van der Waals surface area contributed by atoms with Crippen LogP contribution >= 0.6 is 0 Å². The highest BCUT2D eigenvalue weighted by molar-refractivity contribution is 5.28. The van der Waals surface area contributed by atoms with Crippen LogP contribution in [-0.2, 0) is 0 Å². The molecule has 3 atom stereocenters. The van der Waals surface area contributed by atoms with E-state index in [4.69, 9.17) is 0 Å². The highest BCUT2D eigenvalue weighted by Crippen LogP contribution is 2.54. The van der Waals surface area contributed by atoms with Gasteiger partial charge in [0.2, 0.25) is 0 Å². The van der Waals surface area contributed by atoms with Gasteiger partial charge in [-0.2, -0.15) is 0 Å². The maximum absolute atomic E-state index is 13.2. The van der Waals surface area contributed by atoms with E-state index in [9.17, 15) is 4.39 Å². The van der Waals surface area contributed by atoms with Crippen molar-refractivity contribution >= 4 is 0 Å². The third-order valence-corrected chi connectivity index (χ3v) is 4.42. The van der Waals surface area contributed by atoms with E-state index >= 15 is 0 Å². The molecule has 1 aromatic rings. The van der Waals surface area contributed by atoms with E-state index in [1.165, 1.54) is 6.07 Å². The molecule has 2 heteroatoms. The van der Waals surface area contributed by atoms with Crippen LogP contribution in [0, 0.1) is 11.2 Å². The van der Waals surface area contributed by atoms with Gasteiger partial charge in [0.05, 0.1) is 0 Å². The fourth-order valence-electron chi connectivity index (χ4n) is 3.04. The van der Waals surface area contributed by atoms with Crippen LogP contribution < -0.4 is 5.32 Å². The van der Waals surface area contributed by atoms with Gasteiger partial charge in [0.15, 0.2) is 0 Å². The molecule has 1 N–H and O–H groups in total. The number of halogens is 1. The maximum atomic E-state index is 13.2. The van der Waals surface area contributed by atoms with Crippen LogP contribution in [0.3, 0.4) is 0 Å². The van der Waals surface area contributed by atoms with Crippen LogP contribution in [0.15, 0.2) is 24.3 Å². The molecule has 0 saturated heterocycles. The zero-order valence-corrected chi connectivity index (χ0v) is 10.3. The Morgan fingerprint density at radius 2 is 2.25 bits per heavy atom. The smallest absolute Gasteiger partial charge is 0.123 e. The molecule has 16 heavy (non-hydrogen) atoms. The fraction of sp³-hybridized carbons (Fsp3) is 0.571. The predicted octanol–water partition coefficient (Wildman–Crippen LogP) is 3.32. The van der Waals surface area contributed by atoms with Crippen molar-refractivity contribution in [3.63, 3.8) is 0 Å². The van der Waals surface area contributed by atoms with Gasteiger partial charge in [0.1, 0.15) is 5.82 Å². The van der Waals surface area contributed by atoms with Gasteiger partial charge < -0.3 is 5.32 Å². The van der Waals surface area contributed by atoms with E-state index in [1.54, 1.807) is 6.07 Å². The zero-order chi connectivity index (χ0) is 11.8. The summed E-state index contributed by atoms with van der Waals surface area (Å²) in [6.07, 6.45) is 2.24. The molecule has 0 radical (unpaired) electrons. The Labute approximate surface area is 97.1 Å². The summed E-state index contributed by atoms with van der Waals surface area (Å²) in [4.78, 5) is 0. The summed E-state index contributed by atoms with van der Waals surface area (Å²) >= 11 is 0. The molecule has 0 bridgehead atoms. The largest absolute Gasteiger partial charge is 0.316 e. The standard InChI is InChI=1S/C14H20FN/c1-4-14(2)12(9-13(14)16-3)10-6-5-7-11(15)8-10/h5-8,12-13,16H,4,9H2,1-3H3. The Morgan fingerprint density at radius 3 is 2.81 bits per heavy atom. The van der Waals surface area contributed by atoms with E-state index in [-0.39, 0.29) is 11.2 Å². The summed E-state index contributed by atoms with van der Waals surface area (Å²) in [6, 6.07) is 7.62. The minimum Gasteiger partial charge on any atom is -0.316 e. The molecule has 0 aliphatic heterocycles. The van der Waals surface area contributed by atoms with Gasteiger partial charge >= 0.3 is 0 Å². The molecule has 1 aliphatic carbocycles. The van der Waals surface area contributed by atoms with Gasteiger partial charge in [-0.15, -0.1) is 0 Å². The van der Waals surface area contributed by atoms with E-state index in [0.29, 0.717) is 12.0 Å². The molecule has 1 aliphatic rings. The summed E-state index contributed by atoms with van der Waals surface area (Å²) in [5.74, 6) is 0.370. The minimum absolute atomic E-state index is 0.121. The number of benzene rings is 1. The molecule has 3 unspecified atom stereocenters. The lowest BCUT2D eigenvalue weighted by molar-refractivity contribution is 0.0493.